The molecular weight excluding hydrogens is 210 g/mol. The van der Waals surface area contributed by atoms with Crippen molar-refractivity contribution in [2.24, 2.45) is 5.92 Å². The summed E-state index contributed by atoms with van der Waals surface area (Å²) in [4.78, 5) is 2.32. The van der Waals surface area contributed by atoms with Gasteiger partial charge in [-0.05, 0) is 37.0 Å². The molecule has 0 spiro atoms. The quantitative estimate of drug-likeness (QED) is 0.811. The van der Waals surface area contributed by atoms with E-state index in [0.717, 1.165) is 24.7 Å². The molecule has 2 rings (SSSR count). The summed E-state index contributed by atoms with van der Waals surface area (Å²) >= 11 is 0. The highest BCUT2D eigenvalue weighted by Crippen LogP contribution is 2.29. The van der Waals surface area contributed by atoms with E-state index >= 15 is 0 Å². The highest BCUT2D eigenvalue weighted by Gasteiger charge is 2.23. The lowest BCUT2D eigenvalue weighted by Gasteiger charge is -2.20. The Balaban J connectivity index is 2.16. The lowest BCUT2D eigenvalue weighted by molar-refractivity contribution is 0.530. The summed E-state index contributed by atoms with van der Waals surface area (Å²) in [5, 5.41) is 9.14. The highest BCUT2D eigenvalue weighted by atomic mass is 15.2. The van der Waals surface area contributed by atoms with Gasteiger partial charge in [0.05, 0.1) is 11.3 Å². The zero-order valence-corrected chi connectivity index (χ0v) is 10.3. The predicted octanol–water partition coefficient (Wildman–Crippen LogP) is 2.77. The van der Waals surface area contributed by atoms with Crippen LogP contribution >= 0.6 is 0 Å². The largest absolute Gasteiger partial charge is 0.399 e. The first-order chi connectivity index (χ1) is 8.24. The molecule has 0 amide bonds. The summed E-state index contributed by atoms with van der Waals surface area (Å²) in [6.07, 6.45) is 3.77. The van der Waals surface area contributed by atoms with Crippen LogP contribution in [0.3, 0.4) is 0 Å². The Bertz CT molecular complexity index is 434. The second-order valence-corrected chi connectivity index (χ2v) is 4.78. The molecule has 1 aliphatic heterocycles. The third-order valence-corrected chi connectivity index (χ3v) is 3.46. The molecular formula is C14H19N3. The average molecular weight is 229 g/mol. The molecule has 1 aromatic carbocycles. The van der Waals surface area contributed by atoms with Crippen molar-refractivity contribution in [1.29, 1.82) is 5.26 Å². The number of anilines is 2. The lowest BCUT2D eigenvalue weighted by atomic mass is 10.0. The number of benzene rings is 1. The normalized spacial score (nSPS) is 19.3. The Morgan fingerprint density at radius 3 is 3.06 bits per heavy atom. The number of nitrogens with two attached hydrogens (primary N) is 1. The van der Waals surface area contributed by atoms with E-state index in [4.69, 9.17) is 11.0 Å². The van der Waals surface area contributed by atoms with Gasteiger partial charge in [-0.2, -0.15) is 5.26 Å². The van der Waals surface area contributed by atoms with Crippen LogP contribution in [0.15, 0.2) is 18.2 Å². The van der Waals surface area contributed by atoms with Crippen molar-refractivity contribution in [1.82, 2.24) is 0 Å². The first-order valence-corrected chi connectivity index (χ1v) is 6.29. The molecule has 1 aromatic rings. The molecule has 0 aliphatic carbocycles. The summed E-state index contributed by atoms with van der Waals surface area (Å²) < 4.78 is 0. The summed E-state index contributed by atoms with van der Waals surface area (Å²) in [5.41, 5.74) is 8.11. The molecule has 0 aromatic heterocycles. The highest BCUT2D eigenvalue weighted by molar-refractivity contribution is 5.64. The van der Waals surface area contributed by atoms with Crippen LogP contribution in [0.1, 0.15) is 31.7 Å². The van der Waals surface area contributed by atoms with Crippen molar-refractivity contribution < 1.29 is 0 Å². The molecule has 0 saturated carbocycles. The minimum Gasteiger partial charge on any atom is -0.399 e. The number of hydrogen-bond acceptors (Lipinski definition) is 3. The summed E-state index contributed by atoms with van der Waals surface area (Å²) in [6, 6.07) is 7.86. The molecule has 90 valence electrons. The van der Waals surface area contributed by atoms with Crippen LogP contribution in [0, 0.1) is 17.2 Å². The van der Waals surface area contributed by atoms with Crippen molar-refractivity contribution >= 4 is 11.4 Å². The molecule has 0 bridgehead atoms. The van der Waals surface area contributed by atoms with Crippen molar-refractivity contribution in [2.45, 2.75) is 26.2 Å². The van der Waals surface area contributed by atoms with Crippen LogP contribution in [-0.2, 0) is 0 Å². The van der Waals surface area contributed by atoms with Crippen molar-refractivity contribution in [2.75, 3.05) is 23.7 Å². The van der Waals surface area contributed by atoms with Crippen LogP contribution in [0.4, 0.5) is 11.4 Å². The minimum absolute atomic E-state index is 0.662. The van der Waals surface area contributed by atoms with Gasteiger partial charge in [0.25, 0.3) is 0 Å². The maximum atomic E-state index is 9.14. The van der Waals surface area contributed by atoms with Crippen LogP contribution < -0.4 is 10.6 Å². The first-order valence-electron chi connectivity index (χ1n) is 6.29. The molecule has 1 atom stereocenters. The molecule has 2 N–H and O–H groups in total. The van der Waals surface area contributed by atoms with Gasteiger partial charge in [0.15, 0.2) is 0 Å². The smallest absolute Gasteiger partial charge is 0.101 e. The average Bonchev–Trinajstić information content (AvgIpc) is 2.78. The van der Waals surface area contributed by atoms with Crippen molar-refractivity contribution in [3.05, 3.63) is 23.8 Å². The monoisotopic (exact) mass is 229 g/mol. The van der Waals surface area contributed by atoms with Crippen LogP contribution in [0.2, 0.25) is 0 Å². The van der Waals surface area contributed by atoms with E-state index in [2.05, 4.69) is 17.9 Å². The van der Waals surface area contributed by atoms with E-state index in [0.29, 0.717) is 11.3 Å². The van der Waals surface area contributed by atoms with Crippen molar-refractivity contribution in [3.63, 3.8) is 0 Å². The fraction of sp³-hybridized carbons (Fsp3) is 0.500. The second kappa shape index (κ2) is 5.09. The van der Waals surface area contributed by atoms with Gasteiger partial charge in [0.2, 0.25) is 0 Å². The van der Waals surface area contributed by atoms with Crippen LogP contribution in [-0.4, -0.2) is 13.1 Å². The van der Waals surface area contributed by atoms with Gasteiger partial charge >= 0.3 is 0 Å². The number of nitrogens with zero attached hydrogens (tertiary/aromatic N) is 2. The van der Waals surface area contributed by atoms with Crippen molar-refractivity contribution in [3.8, 4) is 6.07 Å². The topological polar surface area (TPSA) is 53.0 Å². The molecule has 1 saturated heterocycles. The van der Waals surface area contributed by atoms with Gasteiger partial charge < -0.3 is 10.6 Å². The third-order valence-electron chi connectivity index (χ3n) is 3.46. The summed E-state index contributed by atoms with van der Waals surface area (Å²) in [5.74, 6) is 0.782. The van der Waals surface area contributed by atoms with Gasteiger partial charge in [-0.15, -0.1) is 0 Å². The molecule has 0 radical (unpaired) electrons. The SMILES string of the molecule is CCCC1CCN(c2ccc(N)cc2C#N)C1. The van der Waals surface area contributed by atoms with Gasteiger partial charge in [0, 0.05) is 18.8 Å². The molecule has 3 nitrogen and oxygen atoms in total. The number of nitrogen functional groups attached to an aromatic ring is 1. The standard InChI is InChI=1S/C14H19N3/c1-2-3-11-6-7-17(10-11)14-5-4-13(16)8-12(14)9-15/h4-5,8,11H,2-3,6-7,10,16H2,1H3. The predicted molar refractivity (Wildman–Crippen MR) is 70.8 cm³/mol. The Hall–Kier alpha value is -1.69. The zero-order valence-electron chi connectivity index (χ0n) is 10.3. The number of nitriles is 1. The van der Waals surface area contributed by atoms with E-state index in [1.165, 1.54) is 19.3 Å². The summed E-state index contributed by atoms with van der Waals surface area (Å²) in [6.45, 7) is 4.36. The number of rotatable bonds is 3. The molecule has 3 heteroatoms. The van der Waals surface area contributed by atoms with E-state index in [1.54, 1.807) is 6.07 Å². The Labute approximate surface area is 103 Å². The Kier molecular flexibility index (Phi) is 3.53. The van der Waals surface area contributed by atoms with Crippen LogP contribution in [0.25, 0.3) is 0 Å². The molecule has 1 aliphatic rings. The Morgan fingerprint density at radius 2 is 2.35 bits per heavy atom. The maximum absolute atomic E-state index is 9.14. The zero-order chi connectivity index (χ0) is 12.3. The minimum atomic E-state index is 0.662. The molecule has 1 heterocycles. The third kappa shape index (κ3) is 2.52. The van der Waals surface area contributed by atoms with Crippen LogP contribution in [0.5, 0.6) is 0 Å². The van der Waals surface area contributed by atoms with Gasteiger partial charge in [0.1, 0.15) is 6.07 Å². The Morgan fingerprint density at radius 1 is 1.53 bits per heavy atom. The fourth-order valence-electron chi connectivity index (χ4n) is 2.61. The maximum Gasteiger partial charge on any atom is 0.101 e. The second-order valence-electron chi connectivity index (χ2n) is 4.78. The lowest BCUT2D eigenvalue weighted by Crippen LogP contribution is -2.20. The van der Waals surface area contributed by atoms with E-state index in [-0.39, 0.29) is 0 Å². The molecule has 1 fully saturated rings. The van der Waals surface area contributed by atoms with E-state index in [9.17, 15) is 0 Å². The molecule has 17 heavy (non-hydrogen) atoms. The summed E-state index contributed by atoms with van der Waals surface area (Å²) in [7, 11) is 0. The van der Waals surface area contributed by atoms with Gasteiger partial charge in [-0.25, -0.2) is 0 Å². The first kappa shape index (κ1) is 11.8. The van der Waals surface area contributed by atoms with Gasteiger partial charge in [-0.1, -0.05) is 13.3 Å². The van der Waals surface area contributed by atoms with Gasteiger partial charge in [-0.3, -0.25) is 0 Å². The van der Waals surface area contributed by atoms with E-state index in [1.807, 2.05) is 12.1 Å². The van der Waals surface area contributed by atoms with E-state index < -0.39 is 0 Å². The number of hydrogen-bond donors (Lipinski definition) is 1. The fourth-order valence-corrected chi connectivity index (χ4v) is 2.61. The molecule has 1 unspecified atom stereocenters.